The van der Waals surface area contributed by atoms with Gasteiger partial charge in [-0.25, -0.2) is 0 Å². The first-order valence-electron chi connectivity index (χ1n) is 2.24. The molecule has 0 aliphatic heterocycles. The van der Waals surface area contributed by atoms with Gasteiger partial charge in [0, 0.05) is 0 Å². The Morgan fingerprint density at radius 1 is 0.778 bits per heavy atom. The fourth-order valence-electron chi connectivity index (χ4n) is 0.400. The van der Waals surface area contributed by atoms with Crippen molar-refractivity contribution in [3.63, 3.8) is 0 Å². The Kier molecular flexibility index (Phi) is 17.5. The first kappa shape index (κ1) is 16.8. The summed E-state index contributed by atoms with van der Waals surface area (Å²) in [5, 5.41) is 0. The van der Waals surface area contributed by atoms with E-state index >= 15 is 0 Å². The van der Waals surface area contributed by atoms with Crippen molar-refractivity contribution >= 4 is 24.8 Å². The molecule has 0 saturated heterocycles. The van der Waals surface area contributed by atoms with E-state index in [1.807, 2.05) is 0 Å². The van der Waals surface area contributed by atoms with E-state index in [-0.39, 0.29) is 48.6 Å². The summed E-state index contributed by atoms with van der Waals surface area (Å²) in [6.07, 6.45) is 0. The molecule has 0 aromatic heterocycles. The molecule has 0 amide bonds. The summed E-state index contributed by atoms with van der Waals surface area (Å²) < 4.78 is 4.59. The molecule has 58 valence electrons. The zero-order valence-electron chi connectivity index (χ0n) is 6.21. The summed E-state index contributed by atoms with van der Waals surface area (Å²) in [7, 11) is 8.52. The molecular weight excluding hydrogens is 238 g/mol. The van der Waals surface area contributed by atoms with Gasteiger partial charge in [0.05, 0.1) is 0 Å². The number of rotatable bonds is 2. The average molecular weight is 252 g/mol. The van der Waals surface area contributed by atoms with Gasteiger partial charge in [0.25, 0.3) is 0 Å². The Balaban J connectivity index is -0.000000180. The Hall–Kier alpha value is 1.38. The van der Waals surface area contributed by atoms with Gasteiger partial charge >= 0.3 is 57.7 Å². The van der Waals surface area contributed by atoms with Gasteiger partial charge in [0.2, 0.25) is 0 Å². The number of hydrogen-bond acceptors (Lipinski definition) is 2. The summed E-state index contributed by atoms with van der Waals surface area (Å²) >= 11 is -0.294. The van der Waals surface area contributed by atoms with E-state index in [0.29, 0.717) is 0 Å². The van der Waals surface area contributed by atoms with E-state index in [9.17, 15) is 0 Å². The van der Waals surface area contributed by atoms with Crippen LogP contribution in [0.3, 0.4) is 0 Å². The van der Waals surface area contributed by atoms with Gasteiger partial charge in [0.15, 0.2) is 0 Å². The van der Waals surface area contributed by atoms with Crippen LogP contribution in [0.15, 0.2) is 0 Å². The monoisotopic (exact) mass is 250 g/mol. The van der Waals surface area contributed by atoms with Crippen molar-refractivity contribution in [2.45, 2.75) is 0 Å². The maximum atomic E-state index is 2.30. The molecule has 0 aliphatic carbocycles. The minimum atomic E-state index is -0.294. The fourth-order valence-corrected chi connectivity index (χ4v) is 2.37. The first-order chi connectivity index (χ1) is 3.13. The molecule has 0 aromatic carbocycles. The van der Waals surface area contributed by atoms with E-state index in [2.05, 4.69) is 33.9 Å². The molecule has 0 saturated carbocycles. The predicted octanol–water partition coefficient (Wildman–Crippen LogP) is 0.866. The normalized spacial score (nSPS) is 8.22. The van der Waals surface area contributed by atoms with E-state index in [4.69, 9.17) is 0 Å². The van der Waals surface area contributed by atoms with E-state index < -0.39 is 0 Å². The van der Waals surface area contributed by atoms with E-state index in [1.54, 1.807) is 0 Å². The first-order valence-corrected chi connectivity index (χ1v) is 4.43. The van der Waals surface area contributed by atoms with Gasteiger partial charge < -0.3 is 0 Å². The van der Waals surface area contributed by atoms with Crippen LogP contribution in [0.2, 0.25) is 0 Å². The minimum Gasteiger partial charge on any atom is -0.147 e. The summed E-state index contributed by atoms with van der Waals surface area (Å²) in [6.45, 7) is 0. The largest absolute Gasteiger partial charge is 0.147 e. The Morgan fingerprint density at radius 2 is 1.00 bits per heavy atom. The van der Waals surface area contributed by atoms with Crippen LogP contribution in [-0.4, -0.2) is 33.9 Å². The second-order valence-electron chi connectivity index (χ2n) is 1.89. The van der Waals surface area contributed by atoms with Crippen molar-refractivity contribution in [3.05, 3.63) is 0 Å². The van der Waals surface area contributed by atoms with Crippen molar-refractivity contribution < 1.29 is 23.8 Å². The van der Waals surface area contributed by atoms with Gasteiger partial charge in [-0.05, 0) is 0 Å². The summed E-state index contributed by atoms with van der Waals surface area (Å²) in [5.41, 5.74) is 0. The zero-order chi connectivity index (χ0) is 5.86. The molecule has 0 radical (unpaired) electrons. The van der Waals surface area contributed by atoms with Crippen molar-refractivity contribution in [1.29, 1.82) is 0 Å². The maximum Gasteiger partial charge on any atom is -0.147 e. The predicted molar refractivity (Wildman–Crippen MR) is 41.9 cm³/mol. The maximum absolute atomic E-state index is 2.30. The molecule has 0 N–H and O–H groups in total. The third-order valence-corrected chi connectivity index (χ3v) is 2.37. The SMILES string of the molecule is C[N](C)[Zr][N](C)C.Cl.Cl. The topological polar surface area (TPSA) is 6.48 Å². The number of hydrogen-bond donors (Lipinski definition) is 0. The van der Waals surface area contributed by atoms with Crippen LogP contribution in [0.5, 0.6) is 0 Å². The molecule has 0 spiro atoms. The number of halogens is 2. The van der Waals surface area contributed by atoms with Gasteiger partial charge in [-0.15, -0.1) is 24.8 Å². The smallest absolute Gasteiger partial charge is 0.147 e. The van der Waals surface area contributed by atoms with Crippen LogP contribution in [-0.2, 0) is 23.8 Å². The molecule has 9 heavy (non-hydrogen) atoms. The van der Waals surface area contributed by atoms with Gasteiger partial charge in [-0.2, -0.15) is 0 Å². The van der Waals surface area contributed by atoms with Gasteiger partial charge in [-0.3, -0.25) is 0 Å². The van der Waals surface area contributed by atoms with Gasteiger partial charge in [-0.1, -0.05) is 0 Å². The minimum absolute atomic E-state index is 0. The standard InChI is InChI=1S/2C2H6N.2ClH.Zr/c2*1-3-2;;;/h2*1-2H3;2*1H;/q2*-1;;;+2. The van der Waals surface area contributed by atoms with Gasteiger partial charge in [0.1, 0.15) is 0 Å². The van der Waals surface area contributed by atoms with Crippen LogP contribution in [0.25, 0.3) is 0 Å². The fraction of sp³-hybridized carbons (Fsp3) is 1.00. The molecule has 0 aromatic rings. The number of nitrogens with zero attached hydrogens (tertiary/aromatic N) is 2. The molecule has 0 bridgehead atoms. The van der Waals surface area contributed by atoms with Crippen LogP contribution in [0, 0.1) is 0 Å². The second kappa shape index (κ2) is 9.38. The zero-order valence-corrected chi connectivity index (χ0v) is 10.3. The molecule has 5 heteroatoms. The molecule has 2 nitrogen and oxygen atoms in total. The van der Waals surface area contributed by atoms with E-state index in [1.165, 1.54) is 0 Å². The van der Waals surface area contributed by atoms with Crippen LogP contribution >= 0.6 is 24.8 Å². The summed E-state index contributed by atoms with van der Waals surface area (Å²) in [5.74, 6) is 0. The Labute approximate surface area is 82.2 Å². The average Bonchev–Trinajstić information content (AvgIpc) is 1.27. The van der Waals surface area contributed by atoms with Crippen LogP contribution in [0.4, 0.5) is 0 Å². The van der Waals surface area contributed by atoms with Crippen molar-refractivity contribution in [2.75, 3.05) is 28.2 Å². The van der Waals surface area contributed by atoms with Crippen molar-refractivity contribution in [1.82, 2.24) is 5.69 Å². The van der Waals surface area contributed by atoms with Crippen molar-refractivity contribution in [3.8, 4) is 0 Å². The molecule has 0 unspecified atom stereocenters. The quantitative estimate of drug-likeness (QED) is 0.719. The second-order valence-corrected chi connectivity index (χ2v) is 6.78. The molecular formula is C4H14Cl2N2Zr. The molecule has 0 heterocycles. The Morgan fingerprint density at radius 3 is 1.00 bits per heavy atom. The molecule has 0 aliphatic rings. The Bertz CT molecular complexity index is 45.8. The summed E-state index contributed by atoms with van der Waals surface area (Å²) in [4.78, 5) is 0. The van der Waals surface area contributed by atoms with Crippen LogP contribution < -0.4 is 0 Å². The van der Waals surface area contributed by atoms with Crippen LogP contribution in [0.1, 0.15) is 0 Å². The van der Waals surface area contributed by atoms with Crippen molar-refractivity contribution in [2.24, 2.45) is 0 Å². The third kappa shape index (κ3) is 17.7. The molecule has 0 rings (SSSR count). The van der Waals surface area contributed by atoms with E-state index in [0.717, 1.165) is 0 Å². The molecule has 0 fully saturated rings. The summed E-state index contributed by atoms with van der Waals surface area (Å²) in [6, 6.07) is 0. The molecule has 0 atom stereocenters. The third-order valence-electron chi connectivity index (χ3n) is 0.400.